The summed E-state index contributed by atoms with van der Waals surface area (Å²) in [5.74, 6) is 0.445. The Bertz CT molecular complexity index is 3230. The minimum atomic E-state index is -4.59. The van der Waals surface area contributed by atoms with Gasteiger partial charge in [0.05, 0.1) is 39.2 Å². The van der Waals surface area contributed by atoms with E-state index in [-0.39, 0.29) is 0 Å². The zero-order valence-corrected chi connectivity index (χ0v) is 35.0. The van der Waals surface area contributed by atoms with Crippen molar-refractivity contribution in [3.05, 3.63) is 210 Å². The zero-order chi connectivity index (χ0) is 45.0. The molecule has 0 fully saturated rings. The molecule has 318 valence electrons. The molecule has 0 saturated heterocycles. The van der Waals surface area contributed by atoms with Gasteiger partial charge in [-0.05, 0) is 96.8 Å². The average molecular weight is 866 g/mol. The highest BCUT2D eigenvalue weighted by molar-refractivity contribution is 6.12. The number of hydrogen-bond donors (Lipinski definition) is 0. The van der Waals surface area contributed by atoms with E-state index in [0.717, 1.165) is 79.5 Å². The quantitative estimate of drug-likeness (QED) is 0.149. The van der Waals surface area contributed by atoms with Crippen LogP contribution < -0.4 is 0 Å². The predicted octanol–water partition coefficient (Wildman–Crippen LogP) is 16.2. The minimum Gasteiger partial charge on any atom is -0.308 e. The maximum atomic E-state index is 14.1. The maximum absolute atomic E-state index is 14.1. The van der Waals surface area contributed by atoms with Gasteiger partial charge in [0.15, 0.2) is 5.82 Å². The second kappa shape index (κ2) is 16.1. The van der Waals surface area contributed by atoms with E-state index in [1.54, 1.807) is 0 Å². The second-order valence-electron chi connectivity index (χ2n) is 16.2. The molecule has 0 aliphatic heterocycles. The van der Waals surface area contributed by atoms with Crippen molar-refractivity contribution in [3.8, 4) is 73.0 Å². The van der Waals surface area contributed by atoms with E-state index in [1.807, 2.05) is 115 Å². The average Bonchev–Trinajstić information content (AvgIpc) is 3.64. The van der Waals surface area contributed by atoms with E-state index in [4.69, 9.17) is 9.97 Å². The molecular formula is C56H37F6N3. The number of halogens is 6. The fraction of sp³-hybridized carbons (Fsp3) is 0.0714. The molecule has 0 aliphatic rings. The third-order valence-electron chi connectivity index (χ3n) is 11.7. The van der Waals surface area contributed by atoms with Gasteiger partial charge < -0.3 is 4.57 Å². The molecule has 0 amide bonds. The Labute approximate surface area is 371 Å². The molecule has 2 heterocycles. The van der Waals surface area contributed by atoms with Gasteiger partial charge in [0, 0.05) is 38.6 Å². The summed E-state index contributed by atoms with van der Waals surface area (Å²) in [6.45, 7) is 4.12. The summed E-state index contributed by atoms with van der Waals surface area (Å²) in [5, 5.41) is 1.85. The van der Waals surface area contributed by atoms with Crippen molar-refractivity contribution in [1.29, 1.82) is 0 Å². The summed E-state index contributed by atoms with van der Waals surface area (Å²) >= 11 is 0. The highest BCUT2D eigenvalue weighted by Crippen LogP contribution is 2.46. The summed E-state index contributed by atoms with van der Waals surface area (Å²) in [6, 6.07) is 55.3. The molecule has 0 bridgehead atoms. The van der Waals surface area contributed by atoms with Crippen molar-refractivity contribution in [1.82, 2.24) is 14.5 Å². The largest absolute Gasteiger partial charge is 0.416 e. The Morgan fingerprint density at radius 1 is 0.369 bits per heavy atom. The first-order valence-electron chi connectivity index (χ1n) is 20.9. The number of alkyl halides is 6. The molecule has 0 radical (unpaired) electrons. The summed E-state index contributed by atoms with van der Waals surface area (Å²) in [4.78, 5) is 10.1. The third kappa shape index (κ3) is 7.95. The van der Waals surface area contributed by atoms with Crippen LogP contribution >= 0.6 is 0 Å². The Hall–Kier alpha value is -7.78. The van der Waals surface area contributed by atoms with Gasteiger partial charge in [-0.1, -0.05) is 139 Å². The molecule has 65 heavy (non-hydrogen) atoms. The van der Waals surface area contributed by atoms with Crippen LogP contribution in [0.2, 0.25) is 0 Å². The lowest BCUT2D eigenvalue weighted by Crippen LogP contribution is -2.06. The zero-order valence-electron chi connectivity index (χ0n) is 35.0. The van der Waals surface area contributed by atoms with Crippen LogP contribution in [-0.4, -0.2) is 14.5 Å². The molecule has 8 aromatic carbocycles. The summed E-state index contributed by atoms with van der Waals surface area (Å²) in [5.41, 5.74) is 10.2. The minimum absolute atomic E-state index is 0.445. The van der Waals surface area contributed by atoms with Crippen LogP contribution in [0.5, 0.6) is 0 Å². The van der Waals surface area contributed by atoms with Crippen molar-refractivity contribution in [3.63, 3.8) is 0 Å². The number of aromatic nitrogens is 3. The molecule has 0 saturated carbocycles. The molecule has 2 aromatic heterocycles. The topological polar surface area (TPSA) is 30.7 Å². The van der Waals surface area contributed by atoms with E-state index in [0.29, 0.717) is 50.7 Å². The molecule has 10 rings (SSSR count). The van der Waals surface area contributed by atoms with Crippen LogP contribution in [0.25, 0.3) is 94.8 Å². The summed E-state index contributed by atoms with van der Waals surface area (Å²) in [7, 11) is 0. The van der Waals surface area contributed by atoms with E-state index >= 15 is 0 Å². The number of para-hydroxylation sites is 1. The Kier molecular flexibility index (Phi) is 10.2. The fourth-order valence-corrected chi connectivity index (χ4v) is 8.74. The van der Waals surface area contributed by atoms with Crippen molar-refractivity contribution in [2.75, 3.05) is 0 Å². The molecule has 9 heteroatoms. The van der Waals surface area contributed by atoms with Crippen molar-refractivity contribution >= 4 is 21.8 Å². The van der Waals surface area contributed by atoms with Gasteiger partial charge in [-0.2, -0.15) is 26.3 Å². The first kappa shape index (κ1) is 41.2. The Balaban J connectivity index is 1.32. The molecular weight excluding hydrogens is 829 g/mol. The molecule has 10 aromatic rings. The van der Waals surface area contributed by atoms with E-state index in [2.05, 4.69) is 42.7 Å². The smallest absolute Gasteiger partial charge is 0.308 e. The Morgan fingerprint density at radius 2 is 0.846 bits per heavy atom. The van der Waals surface area contributed by atoms with Gasteiger partial charge in [-0.3, -0.25) is 0 Å². The Morgan fingerprint density at radius 3 is 1.40 bits per heavy atom. The van der Waals surface area contributed by atoms with Gasteiger partial charge in [-0.15, -0.1) is 0 Å². The summed E-state index contributed by atoms with van der Waals surface area (Å²) in [6.07, 6.45) is -9.17. The lowest BCUT2D eigenvalue weighted by molar-refractivity contribution is -0.138. The van der Waals surface area contributed by atoms with Gasteiger partial charge in [0.25, 0.3) is 0 Å². The van der Waals surface area contributed by atoms with Crippen LogP contribution in [0.1, 0.15) is 22.3 Å². The van der Waals surface area contributed by atoms with Crippen molar-refractivity contribution in [2.24, 2.45) is 0 Å². The van der Waals surface area contributed by atoms with Crippen LogP contribution in [0, 0.1) is 13.8 Å². The number of benzene rings is 8. The number of rotatable bonds is 7. The lowest BCUT2D eigenvalue weighted by atomic mass is 9.90. The van der Waals surface area contributed by atoms with Crippen LogP contribution in [0.15, 0.2) is 188 Å². The van der Waals surface area contributed by atoms with Crippen LogP contribution in [0.3, 0.4) is 0 Å². The van der Waals surface area contributed by atoms with E-state index in [1.165, 1.54) is 24.3 Å². The number of fused-ring (bicyclic) bond motifs is 3. The number of aryl methyl sites for hydroxylation is 2. The van der Waals surface area contributed by atoms with E-state index < -0.39 is 23.5 Å². The van der Waals surface area contributed by atoms with Gasteiger partial charge in [-0.25, -0.2) is 9.97 Å². The van der Waals surface area contributed by atoms with Gasteiger partial charge >= 0.3 is 12.4 Å². The van der Waals surface area contributed by atoms with Crippen LogP contribution in [0.4, 0.5) is 26.3 Å². The normalized spacial score (nSPS) is 12.0. The molecule has 0 spiro atoms. The van der Waals surface area contributed by atoms with E-state index in [9.17, 15) is 26.3 Å². The monoisotopic (exact) mass is 865 g/mol. The molecule has 0 unspecified atom stereocenters. The van der Waals surface area contributed by atoms with Crippen LogP contribution in [-0.2, 0) is 12.4 Å². The third-order valence-corrected chi connectivity index (χ3v) is 11.7. The predicted molar refractivity (Wildman–Crippen MR) is 248 cm³/mol. The van der Waals surface area contributed by atoms with Crippen molar-refractivity contribution in [2.45, 2.75) is 26.2 Å². The molecule has 0 aliphatic carbocycles. The molecule has 3 nitrogen and oxygen atoms in total. The van der Waals surface area contributed by atoms with Gasteiger partial charge in [0.2, 0.25) is 0 Å². The first-order chi connectivity index (χ1) is 31.3. The molecule has 0 atom stereocenters. The number of nitrogens with zero attached hydrogens (tertiary/aromatic N) is 3. The van der Waals surface area contributed by atoms with Gasteiger partial charge in [0.1, 0.15) is 0 Å². The highest BCUT2D eigenvalue weighted by atomic mass is 19.4. The fourth-order valence-electron chi connectivity index (χ4n) is 8.74. The highest BCUT2D eigenvalue weighted by Gasteiger charge is 2.32. The standard InChI is InChI=1S/C56H37F6N3/c1-34-27-35(2)29-41(28-34)40-21-26-52-48(30-40)45-15-9-10-16-51(45)65(52)53-46(36-17-22-43(23-18-36)55(57,58)59)31-42(32-47(53)37-19-24-44(25-20-37)56(60,61)62)50-33-49(38-11-5-3-6-12-38)63-54(64-50)39-13-7-4-8-14-39/h3-33H,1-2H3. The lowest BCUT2D eigenvalue weighted by Gasteiger charge is -2.22. The maximum Gasteiger partial charge on any atom is 0.416 e. The SMILES string of the molecule is Cc1cc(C)cc(-c2ccc3c(c2)c2ccccc2n3-c2c(-c3ccc(C(F)(F)F)cc3)cc(-c3cc(-c4ccccc4)nc(-c4ccccc4)n3)cc2-c2ccc(C(F)(F)F)cc2)c1. The first-order valence-corrected chi connectivity index (χ1v) is 20.9. The second-order valence-corrected chi connectivity index (χ2v) is 16.2. The summed E-state index contributed by atoms with van der Waals surface area (Å²) < 4.78 is 86.8. The number of hydrogen-bond acceptors (Lipinski definition) is 2. The van der Waals surface area contributed by atoms with Crippen molar-refractivity contribution < 1.29 is 26.3 Å². The molecule has 0 N–H and O–H groups in total.